The number of phosphoric ester groups is 1. The predicted molar refractivity (Wildman–Crippen MR) is 215 cm³/mol. The van der Waals surface area contributed by atoms with Crippen molar-refractivity contribution in [2.24, 2.45) is 0 Å². The Kier molecular flexibility index (Phi) is 38.5. The van der Waals surface area contributed by atoms with Crippen molar-refractivity contribution in [1.82, 2.24) is 0 Å². The Bertz CT molecular complexity index is 858. The van der Waals surface area contributed by atoms with Crippen LogP contribution in [-0.4, -0.2) is 65.7 Å². The highest BCUT2D eigenvalue weighted by Gasteiger charge is 2.27. The second kappa shape index (κ2) is 39.2. The first-order chi connectivity index (χ1) is 25.7. The first-order valence-electron chi connectivity index (χ1n) is 22.0. The molecule has 0 saturated heterocycles. The van der Waals surface area contributed by atoms with E-state index in [0.29, 0.717) is 12.8 Å². The molecule has 3 atom stereocenters. The molecule has 53 heavy (non-hydrogen) atoms. The largest absolute Gasteiger partial charge is 0.472 e. The van der Waals surface area contributed by atoms with Crippen molar-refractivity contribution in [3.63, 3.8) is 0 Å². The van der Waals surface area contributed by atoms with Crippen LogP contribution in [0.15, 0.2) is 0 Å². The molecule has 0 fully saturated rings. The fourth-order valence-corrected chi connectivity index (χ4v) is 7.14. The van der Waals surface area contributed by atoms with Gasteiger partial charge in [0.25, 0.3) is 0 Å². The Morgan fingerprint density at radius 1 is 0.491 bits per heavy atom. The van der Waals surface area contributed by atoms with Gasteiger partial charge in [0.05, 0.1) is 19.8 Å². The number of hydrogen-bond acceptors (Lipinski definition) is 9. The quantitative estimate of drug-likeness (QED) is 0.0310. The van der Waals surface area contributed by atoms with Gasteiger partial charge in [0.1, 0.15) is 12.7 Å². The molecule has 3 N–H and O–H groups in total. The topological polar surface area (TPSA) is 149 Å². The lowest BCUT2D eigenvalue weighted by Crippen LogP contribution is -2.29. The number of phosphoric acid groups is 1. The molecule has 0 aromatic carbocycles. The average Bonchev–Trinajstić information content (AvgIpc) is 3.14. The van der Waals surface area contributed by atoms with Gasteiger partial charge in [-0.25, -0.2) is 4.57 Å². The standard InChI is InChI=1S/C42H83O10P/c1-3-5-7-9-11-13-15-17-19-20-22-23-25-27-29-31-33-41(45)49-37-40(38-51-53(47,48)50-36-39(44)35-43)52-42(46)34-32-30-28-26-24-21-18-16-14-12-10-8-6-4-2/h39-40,43-44H,3-38H2,1-2H3,(H,47,48)/t39-,40+/m0/s1. The van der Waals surface area contributed by atoms with Crippen LogP contribution in [-0.2, 0) is 32.7 Å². The molecule has 0 aliphatic heterocycles. The molecule has 0 heterocycles. The van der Waals surface area contributed by atoms with Gasteiger partial charge in [-0.05, 0) is 12.8 Å². The zero-order chi connectivity index (χ0) is 39.1. The zero-order valence-corrected chi connectivity index (χ0v) is 35.2. The lowest BCUT2D eigenvalue weighted by atomic mass is 10.0. The average molecular weight is 779 g/mol. The number of carbonyl (C=O) groups excluding carboxylic acids is 2. The fourth-order valence-electron chi connectivity index (χ4n) is 6.35. The Morgan fingerprint density at radius 2 is 0.811 bits per heavy atom. The molecule has 0 amide bonds. The molecular weight excluding hydrogens is 695 g/mol. The van der Waals surface area contributed by atoms with Crippen molar-refractivity contribution in [2.75, 3.05) is 26.4 Å². The summed E-state index contributed by atoms with van der Waals surface area (Å²) in [6.07, 6.45) is 34.9. The van der Waals surface area contributed by atoms with Gasteiger partial charge in [0.2, 0.25) is 0 Å². The Hall–Kier alpha value is -1.03. The minimum atomic E-state index is -4.61. The molecule has 0 spiro atoms. The van der Waals surface area contributed by atoms with E-state index in [-0.39, 0.29) is 19.4 Å². The summed E-state index contributed by atoms with van der Waals surface area (Å²) >= 11 is 0. The summed E-state index contributed by atoms with van der Waals surface area (Å²) in [7, 11) is -4.61. The number of aliphatic hydroxyl groups excluding tert-OH is 2. The molecular formula is C42H83O10P. The maximum Gasteiger partial charge on any atom is 0.472 e. The Morgan fingerprint density at radius 3 is 1.17 bits per heavy atom. The van der Waals surface area contributed by atoms with Crippen LogP contribution in [0.3, 0.4) is 0 Å². The maximum atomic E-state index is 12.6. The van der Waals surface area contributed by atoms with Crippen LogP contribution >= 0.6 is 7.82 Å². The number of ether oxygens (including phenoxy) is 2. The normalized spacial score (nSPS) is 13.8. The number of hydrogen-bond donors (Lipinski definition) is 3. The molecule has 0 rings (SSSR count). The third-order valence-electron chi connectivity index (χ3n) is 9.76. The van der Waals surface area contributed by atoms with Crippen LogP contribution in [0.2, 0.25) is 0 Å². The summed E-state index contributed by atoms with van der Waals surface area (Å²) in [5.74, 6) is -0.909. The maximum absolute atomic E-state index is 12.6. The summed E-state index contributed by atoms with van der Waals surface area (Å²) in [5.41, 5.74) is 0. The molecule has 0 bridgehead atoms. The van der Waals surface area contributed by atoms with Crippen molar-refractivity contribution < 1.29 is 47.8 Å². The molecule has 0 radical (unpaired) electrons. The van der Waals surface area contributed by atoms with Crippen molar-refractivity contribution in [1.29, 1.82) is 0 Å². The molecule has 0 aromatic rings. The molecule has 1 unspecified atom stereocenters. The van der Waals surface area contributed by atoms with E-state index in [1.807, 2.05) is 0 Å². The lowest BCUT2D eigenvalue weighted by molar-refractivity contribution is -0.161. The SMILES string of the molecule is CCCCCCCCCCCCCCCCCCC(=O)OC[C@H](COP(=O)(O)OC[C@@H](O)CO)OC(=O)CCCCCCCCCCCCCCCC. The number of carbonyl (C=O) groups is 2. The van der Waals surface area contributed by atoms with E-state index in [0.717, 1.165) is 32.1 Å². The van der Waals surface area contributed by atoms with Gasteiger partial charge in [-0.2, -0.15) is 0 Å². The van der Waals surface area contributed by atoms with E-state index in [2.05, 4.69) is 13.8 Å². The molecule has 10 nitrogen and oxygen atoms in total. The van der Waals surface area contributed by atoms with Crippen LogP contribution in [0.4, 0.5) is 0 Å². The van der Waals surface area contributed by atoms with Crippen LogP contribution in [0.5, 0.6) is 0 Å². The minimum Gasteiger partial charge on any atom is -0.462 e. The Labute approximate surface area is 324 Å². The lowest BCUT2D eigenvalue weighted by Gasteiger charge is -2.20. The molecule has 11 heteroatoms. The number of unbranched alkanes of at least 4 members (excludes halogenated alkanes) is 28. The van der Waals surface area contributed by atoms with Crippen LogP contribution in [0.1, 0.15) is 219 Å². The van der Waals surface area contributed by atoms with Crippen LogP contribution in [0.25, 0.3) is 0 Å². The summed E-state index contributed by atoms with van der Waals surface area (Å²) in [5, 5.41) is 18.3. The van der Waals surface area contributed by atoms with Gasteiger partial charge < -0.3 is 24.6 Å². The van der Waals surface area contributed by atoms with Crippen molar-refractivity contribution in [3.05, 3.63) is 0 Å². The van der Waals surface area contributed by atoms with Crippen LogP contribution < -0.4 is 0 Å². The second-order valence-corrected chi connectivity index (χ2v) is 16.5. The van der Waals surface area contributed by atoms with Gasteiger partial charge in [-0.3, -0.25) is 18.6 Å². The second-order valence-electron chi connectivity index (χ2n) is 15.1. The van der Waals surface area contributed by atoms with E-state index in [1.54, 1.807) is 0 Å². The smallest absolute Gasteiger partial charge is 0.462 e. The highest BCUT2D eigenvalue weighted by molar-refractivity contribution is 7.47. The summed E-state index contributed by atoms with van der Waals surface area (Å²) < 4.78 is 32.7. The van der Waals surface area contributed by atoms with E-state index < -0.39 is 51.8 Å². The molecule has 0 saturated carbocycles. The van der Waals surface area contributed by atoms with Crippen molar-refractivity contribution >= 4 is 19.8 Å². The van der Waals surface area contributed by atoms with Crippen molar-refractivity contribution in [3.8, 4) is 0 Å². The molecule has 316 valence electrons. The van der Waals surface area contributed by atoms with E-state index in [9.17, 15) is 24.2 Å². The van der Waals surface area contributed by atoms with Gasteiger partial charge in [0, 0.05) is 12.8 Å². The first kappa shape index (κ1) is 52.0. The molecule has 0 aliphatic carbocycles. The summed E-state index contributed by atoms with van der Waals surface area (Å²) in [6, 6.07) is 0. The monoisotopic (exact) mass is 779 g/mol. The van der Waals surface area contributed by atoms with Gasteiger partial charge in [-0.1, -0.05) is 194 Å². The van der Waals surface area contributed by atoms with E-state index in [1.165, 1.54) is 148 Å². The van der Waals surface area contributed by atoms with Crippen molar-refractivity contribution in [2.45, 2.75) is 232 Å². The van der Waals surface area contributed by atoms with Gasteiger partial charge in [-0.15, -0.1) is 0 Å². The minimum absolute atomic E-state index is 0.192. The number of rotatable bonds is 42. The fraction of sp³-hybridized carbons (Fsp3) is 0.952. The van der Waals surface area contributed by atoms with E-state index >= 15 is 0 Å². The summed E-state index contributed by atoms with van der Waals surface area (Å²) in [4.78, 5) is 35.0. The molecule has 0 aliphatic rings. The highest BCUT2D eigenvalue weighted by atomic mass is 31.2. The third-order valence-corrected chi connectivity index (χ3v) is 10.7. The van der Waals surface area contributed by atoms with Crippen LogP contribution in [0, 0.1) is 0 Å². The van der Waals surface area contributed by atoms with E-state index in [4.69, 9.17) is 23.6 Å². The van der Waals surface area contributed by atoms with Gasteiger partial charge >= 0.3 is 19.8 Å². The summed E-state index contributed by atoms with van der Waals surface area (Å²) in [6.45, 7) is 2.42. The zero-order valence-electron chi connectivity index (χ0n) is 34.3. The highest BCUT2D eigenvalue weighted by Crippen LogP contribution is 2.43. The number of esters is 2. The third kappa shape index (κ3) is 39.0. The predicted octanol–water partition coefficient (Wildman–Crippen LogP) is 11.5. The molecule has 0 aromatic heterocycles. The Balaban J connectivity index is 4.23. The van der Waals surface area contributed by atoms with Gasteiger partial charge in [0.15, 0.2) is 6.10 Å². The number of aliphatic hydroxyl groups is 2. The first-order valence-corrected chi connectivity index (χ1v) is 23.5.